The second-order valence-electron chi connectivity index (χ2n) is 6.13. The SMILES string of the molecule is Cn1c(=O)c(-c2c(Cl)cccc2Cl)cc2cnc(Nc3cccc(F)c3)nc21. The third-order valence-electron chi connectivity index (χ3n) is 4.26. The summed E-state index contributed by atoms with van der Waals surface area (Å²) in [7, 11) is 1.61. The monoisotopic (exact) mass is 414 g/mol. The van der Waals surface area contributed by atoms with Gasteiger partial charge in [-0.25, -0.2) is 9.37 Å². The minimum Gasteiger partial charge on any atom is -0.324 e. The van der Waals surface area contributed by atoms with Gasteiger partial charge in [0.25, 0.3) is 5.56 Å². The highest BCUT2D eigenvalue weighted by atomic mass is 35.5. The summed E-state index contributed by atoms with van der Waals surface area (Å²) in [5, 5.41) is 4.33. The van der Waals surface area contributed by atoms with Gasteiger partial charge < -0.3 is 5.32 Å². The lowest BCUT2D eigenvalue weighted by Gasteiger charge is -2.12. The molecule has 0 saturated heterocycles. The average Bonchev–Trinajstić information content (AvgIpc) is 2.66. The van der Waals surface area contributed by atoms with E-state index < -0.39 is 0 Å². The molecule has 140 valence electrons. The number of nitrogens with one attached hydrogen (secondary N) is 1. The fourth-order valence-electron chi connectivity index (χ4n) is 2.94. The maximum atomic E-state index is 13.4. The zero-order valence-corrected chi connectivity index (χ0v) is 16.1. The molecule has 4 rings (SSSR count). The molecule has 1 N–H and O–H groups in total. The normalized spacial score (nSPS) is 11.0. The van der Waals surface area contributed by atoms with E-state index in [1.807, 2.05) is 0 Å². The van der Waals surface area contributed by atoms with Crippen LogP contribution in [0.25, 0.3) is 22.2 Å². The van der Waals surface area contributed by atoms with Crippen LogP contribution in [0.2, 0.25) is 10.0 Å². The number of anilines is 2. The van der Waals surface area contributed by atoms with Gasteiger partial charge in [-0.05, 0) is 36.4 Å². The molecule has 8 heteroatoms. The Morgan fingerprint density at radius 1 is 1.07 bits per heavy atom. The van der Waals surface area contributed by atoms with Crippen molar-refractivity contribution in [2.45, 2.75) is 0 Å². The Morgan fingerprint density at radius 3 is 2.50 bits per heavy atom. The average molecular weight is 415 g/mol. The number of rotatable bonds is 3. The molecule has 0 unspecified atom stereocenters. The van der Waals surface area contributed by atoms with Crippen LogP contribution < -0.4 is 10.9 Å². The molecular weight excluding hydrogens is 402 g/mol. The van der Waals surface area contributed by atoms with Crippen LogP contribution in [0.5, 0.6) is 0 Å². The summed E-state index contributed by atoms with van der Waals surface area (Å²) in [6.45, 7) is 0. The molecule has 0 spiro atoms. The van der Waals surface area contributed by atoms with Crippen LogP contribution in [-0.4, -0.2) is 14.5 Å². The predicted octanol–water partition coefficient (Wildman–Crippen LogP) is 5.19. The number of aromatic nitrogens is 3. The first-order valence-corrected chi connectivity index (χ1v) is 9.03. The van der Waals surface area contributed by atoms with Crippen molar-refractivity contribution < 1.29 is 4.39 Å². The number of pyridine rings is 1. The number of hydrogen-bond donors (Lipinski definition) is 1. The molecule has 0 fully saturated rings. The number of benzene rings is 2. The molecule has 2 aromatic heterocycles. The van der Waals surface area contributed by atoms with Crippen LogP contribution in [0.15, 0.2) is 59.5 Å². The van der Waals surface area contributed by atoms with Crippen LogP contribution in [0, 0.1) is 5.82 Å². The second-order valence-corrected chi connectivity index (χ2v) is 6.94. The molecule has 5 nitrogen and oxygen atoms in total. The van der Waals surface area contributed by atoms with E-state index >= 15 is 0 Å². The number of fused-ring (bicyclic) bond motifs is 1. The van der Waals surface area contributed by atoms with E-state index in [1.165, 1.54) is 16.7 Å². The Bertz CT molecular complexity index is 1250. The standard InChI is InChI=1S/C20H13Cl2FN4O/c1-27-18-11(8-14(19(27)28)17-15(21)6-3-7-16(17)22)10-24-20(26-18)25-13-5-2-4-12(23)9-13/h2-10H,1H3,(H,24,25,26). The molecule has 0 aliphatic rings. The van der Waals surface area contributed by atoms with Crippen molar-refractivity contribution in [3.8, 4) is 11.1 Å². The van der Waals surface area contributed by atoms with Gasteiger partial charge in [0.05, 0.1) is 15.6 Å². The van der Waals surface area contributed by atoms with E-state index in [0.29, 0.717) is 37.9 Å². The van der Waals surface area contributed by atoms with Crippen molar-refractivity contribution in [2.75, 3.05) is 5.32 Å². The summed E-state index contributed by atoms with van der Waals surface area (Å²) in [5.41, 5.74) is 1.46. The van der Waals surface area contributed by atoms with E-state index in [9.17, 15) is 9.18 Å². The van der Waals surface area contributed by atoms with Crippen LogP contribution >= 0.6 is 23.2 Å². The van der Waals surface area contributed by atoms with Crippen LogP contribution in [0.1, 0.15) is 0 Å². The fraction of sp³-hybridized carbons (Fsp3) is 0.0500. The summed E-state index contributed by atoms with van der Waals surface area (Å²) in [6, 6.07) is 12.7. The Hall–Kier alpha value is -2.96. The molecule has 28 heavy (non-hydrogen) atoms. The first-order valence-electron chi connectivity index (χ1n) is 8.28. The van der Waals surface area contributed by atoms with Gasteiger partial charge in [-0.3, -0.25) is 9.36 Å². The minimum absolute atomic E-state index is 0.247. The summed E-state index contributed by atoms with van der Waals surface area (Å²) in [6.07, 6.45) is 1.58. The molecule has 2 heterocycles. The van der Waals surface area contributed by atoms with Gasteiger partial charge in [0, 0.05) is 29.9 Å². The molecule has 0 saturated carbocycles. The van der Waals surface area contributed by atoms with E-state index in [0.717, 1.165) is 0 Å². The maximum Gasteiger partial charge on any atom is 0.259 e. The van der Waals surface area contributed by atoms with Crippen molar-refractivity contribution in [3.63, 3.8) is 0 Å². The zero-order chi connectivity index (χ0) is 19.8. The molecule has 0 atom stereocenters. The quantitative estimate of drug-likeness (QED) is 0.501. The van der Waals surface area contributed by atoms with Crippen molar-refractivity contribution in [1.82, 2.24) is 14.5 Å². The smallest absolute Gasteiger partial charge is 0.259 e. The molecule has 4 aromatic rings. The van der Waals surface area contributed by atoms with Gasteiger partial charge in [-0.15, -0.1) is 0 Å². The third-order valence-corrected chi connectivity index (χ3v) is 4.89. The van der Waals surface area contributed by atoms with Crippen LogP contribution in [0.4, 0.5) is 16.0 Å². The van der Waals surface area contributed by atoms with Crippen molar-refractivity contribution in [1.29, 1.82) is 0 Å². The van der Waals surface area contributed by atoms with Crippen molar-refractivity contribution in [3.05, 3.63) is 80.9 Å². The van der Waals surface area contributed by atoms with E-state index in [1.54, 1.807) is 49.6 Å². The number of hydrogen-bond acceptors (Lipinski definition) is 4. The van der Waals surface area contributed by atoms with Gasteiger partial charge in [-0.2, -0.15) is 4.98 Å². The first-order chi connectivity index (χ1) is 13.4. The maximum absolute atomic E-state index is 13.4. The molecular formula is C20H13Cl2FN4O. The van der Waals surface area contributed by atoms with Crippen molar-refractivity contribution >= 4 is 45.9 Å². The molecule has 0 radical (unpaired) electrons. The number of halogens is 3. The second kappa shape index (κ2) is 7.22. The lowest BCUT2D eigenvalue weighted by molar-refractivity contribution is 0.628. The Labute approximate surface area is 169 Å². The lowest BCUT2D eigenvalue weighted by Crippen LogP contribution is -2.20. The Kier molecular flexibility index (Phi) is 4.75. The van der Waals surface area contributed by atoms with Crippen LogP contribution in [0.3, 0.4) is 0 Å². The highest BCUT2D eigenvalue weighted by Crippen LogP contribution is 2.33. The number of nitrogens with zero attached hydrogens (tertiary/aromatic N) is 3. The van der Waals surface area contributed by atoms with Gasteiger partial charge in [0.15, 0.2) is 0 Å². The molecule has 2 aromatic carbocycles. The molecule has 0 bridgehead atoms. The third kappa shape index (κ3) is 3.32. The lowest BCUT2D eigenvalue weighted by atomic mass is 10.1. The van der Waals surface area contributed by atoms with Gasteiger partial charge in [0.2, 0.25) is 5.95 Å². The Morgan fingerprint density at radius 2 is 1.79 bits per heavy atom. The van der Waals surface area contributed by atoms with E-state index in [4.69, 9.17) is 23.2 Å². The van der Waals surface area contributed by atoms with Crippen LogP contribution in [-0.2, 0) is 7.05 Å². The fourth-order valence-corrected chi connectivity index (χ4v) is 3.54. The molecule has 0 aliphatic heterocycles. The van der Waals surface area contributed by atoms with Gasteiger partial charge in [-0.1, -0.05) is 35.3 Å². The first kappa shape index (κ1) is 18.4. The molecule has 0 amide bonds. The molecule has 0 aliphatic carbocycles. The highest BCUT2D eigenvalue weighted by molar-refractivity contribution is 6.39. The Balaban J connectivity index is 1.84. The zero-order valence-electron chi connectivity index (χ0n) is 14.6. The topological polar surface area (TPSA) is 59.8 Å². The van der Waals surface area contributed by atoms with Gasteiger partial charge >= 0.3 is 0 Å². The summed E-state index contributed by atoms with van der Waals surface area (Å²) in [5.74, 6) is -0.129. The highest BCUT2D eigenvalue weighted by Gasteiger charge is 2.16. The van der Waals surface area contributed by atoms with Crippen molar-refractivity contribution in [2.24, 2.45) is 7.05 Å². The summed E-state index contributed by atoms with van der Waals surface area (Å²) in [4.78, 5) is 21.6. The van der Waals surface area contributed by atoms with Gasteiger partial charge in [0.1, 0.15) is 11.5 Å². The van der Waals surface area contributed by atoms with E-state index in [-0.39, 0.29) is 17.3 Å². The predicted molar refractivity (Wildman–Crippen MR) is 110 cm³/mol. The summed E-state index contributed by atoms with van der Waals surface area (Å²) < 4.78 is 14.8. The summed E-state index contributed by atoms with van der Waals surface area (Å²) >= 11 is 12.5. The number of aryl methyl sites for hydroxylation is 1. The largest absolute Gasteiger partial charge is 0.324 e. The van der Waals surface area contributed by atoms with E-state index in [2.05, 4.69) is 15.3 Å². The minimum atomic E-state index is -0.376.